The number of ether oxygens (including phenoxy) is 4. The van der Waals surface area contributed by atoms with E-state index in [1.54, 1.807) is 0 Å². The van der Waals surface area contributed by atoms with Gasteiger partial charge < -0.3 is 28.5 Å². The molecule has 0 fully saturated rings. The maximum atomic E-state index is 12.9. The standard InChI is InChI=1S/C74H139NO8/c1-6-8-10-12-14-16-18-20-22-24-26-27-28-29-30-31-32-33-34-35-36-37-38-39-40-41-42-43-44-45-47-48-50-52-54-56-58-60-62-64-71(76)81-68-70(69-82-74(73(78)79)80-67-66-75(3,4)5)83-72(77)65-63-61-59-57-55-53-51-49-46-25-23-21-19-17-15-13-11-9-7-2/h15,17,21,23,46,49,70,74H,6-14,16,18-20,22,24-45,47-48,50-69H2,1-5H3/p+1/b17-15-,23-21-,49-46-. The minimum Gasteiger partial charge on any atom is -0.477 e. The van der Waals surface area contributed by atoms with Crippen LogP contribution in [-0.4, -0.2) is 87.4 Å². The highest BCUT2D eigenvalue weighted by Gasteiger charge is 2.25. The van der Waals surface area contributed by atoms with Gasteiger partial charge in [0.15, 0.2) is 6.10 Å². The van der Waals surface area contributed by atoms with Gasteiger partial charge in [-0.2, -0.15) is 0 Å². The Bertz CT molecular complexity index is 1450. The highest BCUT2D eigenvalue weighted by molar-refractivity contribution is 5.71. The van der Waals surface area contributed by atoms with E-state index in [-0.39, 0.29) is 32.2 Å². The fraction of sp³-hybridized carbons (Fsp3) is 0.878. The van der Waals surface area contributed by atoms with Crippen LogP contribution < -0.4 is 0 Å². The highest BCUT2D eigenvalue weighted by atomic mass is 16.7. The van der Waals surface area contributed by atoms with E-state index in [9.17, 15) is 19.5 Å². The molecule has 1 N–H and O–H groups in total. The van der Waals surface area contributed by atoms with E-state index in [4.69, 9.17) is 18.9 Å². The van der Waals surface area contributed by atoms with Crippen LogP contribution >= 0.6 is 0 Å². The number of rotatable bonds is 68. The molecular formula is C74H140NO8+. The molecule has 0 aliphatic rings. The topological polar surface area (TPSA) is 108 Å². The number of carbonyl (C=O) groups is 3. The number of nitrogens with zero attached hydrogens (tertiary/aromatic N) is 1. The van der Waals surface area contributed by atoms with Gasteiger partial charge in [-0.25, -0.2) is 4.79 Å². The molecule has 0 aliphatic carbocycles. The van der Waals surface area contributed by atoms with Gasteiger partial charge >= 0.3 is 17.9 Å². The van der Waals surface area contributed by atoms with Crippen LogP contribution in [0.2, 0.25) is 0 Å². The molecule has 0 aromatic heterocycles. The minimum absolute atomic E-state index is 0.184. The third-order valence-electron chi connectivity index (χ3n) is 16.4. The number of unbranched alkanes of at least 4 members (excludes halogenated alkanes) is 47. The van der Waals surface area contributed by atoms with Gasteiger partial charge in [0.1, 0.15) is 13.2 Å². The summed E-state index contributed by atoms with van der Waals surface area (Å²) in [4.78, 5) is 37.5. The van der Waals surface area contributed by atoms with Gasteiger partial charge in [-0.05, 0) is 51.4 Å². The lowest BCUT2D eigenvalue weighted by atomic mass is 10.0. The molecule has 488 valence electrons. The SMILES string of the molecule is CCCCC/C=C\C/C=C\C/C=C\CCCCCCCCC(=O)OC(COC(=O)CCCCCCCCCCCCCCCCCCCCCCCCCCCCCCCCCCCCCCCCC)COC(OCC[N+](C)(C)C)C(=O)O. The molecule has 9 heteroatoms. The second-order valence-electron chi connectivity index (χ2n) is 25.9. The summed E-state index contributed by atoms with van der Waals surface area (Å²) < 4.78 is 23.0. The summed E-state index contributed by atoms with van der Waals surface area (Å²) in [5, 5.41) is 9.73. The van der Waals surface area contributed by atoms with E-state index >= 15 is 0 Å². The molecule has 0 spiro atoms. The Hall–Kier alpha value is -2.49. The Kier molecular flexibility index (Phi) is 63.5. The van der Waals surface area contributed by atoms with E-state index in [1.165, 1.54) is 270 Å². The fourth-order valence-corrected chi connectivity index (χ4v) is 10.8. The van der Waals surface area contributed by atoms with E-state index in [1.807, 2.05) is 21.1 Å². The van der Waals surface area contributed by atoms with Gasteiger partial charge in [-0.3, -0.25) is 9.59 Å². The van der Waals surface area contributed by atoms with E-state index in [0.717, 1.165) is 57.8 Å². The van der Waals surface area contributed by atoms with Crippen LogP contribution in [0.15, 0.2) is 36.5 Å². The van der Waals surface area contributed by atoms with Gasteiger partial charge in [-0.1, -0.05) is 333 Å². The van der Waals surface area contributed by atoms with Crippen molar-refractivity contribution in [3.05, 3.63) is 36.5 Å². The van der Waals surface area contributed by atoms with Crippen molar-refractivity contribution in [1.29, 1.82) is 0 Å². The zero-order chi connectivity index (χ0) is 60.5. The maximum Gasteiger partial charge on any atom is 0.361 e. The number of hydrogen-bond acceptors (Lipinski definition) is 7. The summed E-state index contributed by atoms with van der Waals surface area (Å²) in [5.74, 6) is -2.00. The first kappa shape index (κ1) is 80.5. The third-order valence-corrected chi connectivity index (χ3v) is 16.4. The summed E-state index contributed by atoms with van der Waals surface area (Å²) in [6, 6.07) is 0. The van der Waals surface area contributed by atoms with Gasteiger partial charge in [0.2, 0.25) is 0 Å². The lowest BCUT2D eigenvalue weighted by Gasteiger charge is -2.25. The molecule has 0 saturated carbocycles. The van der Waals surface area contributed by atoms with E-state index < -0.39 is 24.3 Å². The van der Waals surface area contributed by atoms with Crippen LogP contribution in [0.4, 0.5) is 0 Å². The Balaban J connectivity index is 3.94. The summed E-state index contributed by atoms with van der Waals surface area (Å²) in [6.45, 7) is 4.89. The molecule has 0 aromatic carbocycles. The average Bonchev–Trinajstić information content (AvgIpc) is 3.46. The van der Waals surface area contributed by atoms with Crippen molar-refractivity contribution < 1.29 is 42.9 Å². The Morgan fingerprint density at radius 2 is 0.651 bits per heavy atom. The lowest BCUT2D eigenvalue weighted by molar-refractivity contribution is -0.870. The van der Waals surface area contributed by atoms with Crippen LogP contribution in [0.3, 0.4) is 0 Å². The highest BCUT2D eigenvalue weighted by Crippen LogP contribution is 2.19. The minimum atomic E-state index is -1.51. The Morgan fingerprint density at radius 1 is 0.361 bits per heavy atom. The molecule has 0 aromatic rings. The largest absolute Gasteiger partial charge is 0.477 e. The molecule has 2 atom stereocenters. The first-order valence-electron chi connectivity index (χ1n) is 36.2. The molecule has 0 saturated heterocycles. The number of allylic oxidation sites excluding steroid dienone is 6. The number of carboxylic acid groups (broad SMARTS) is 1. The Labute approximate surface area is 515 Å². The summed E-state index contributed by atoms with van der Waals surface area (Å²) >= 11 is 0. The predicted octanol–water partition coefficient (Wildman–Crippen LogP) is 22.4. The second-order valence-corrected chi connectivity index (χ2v) is 25.9. The molecule has 83 heavy (non-hydrogen) atoms. The molecule has 0 bridgehead atoms. The quantitative estimate of drug-likeness (QED) is 0.0211. The van der Waals surface area contributed by atoms with Gasteiger partial charge in [0, 0.05) is 12.8 Å². The molecule has 0 aliphatic heterocycles. The average molecular weight is 1170 g/mol. The number of esters is 2. The van der Waals surface area contributed by atoms with Crippen molar-refractivity contribution in [2.24, 2.45) is 0 Å². The van der Waals surface area contributed by atoms with Crippen LogP contribution in [0, 0.1) is 0 Å². The van der Waals surface area contributed by atoms with Gasteiger partial charge in [0.05, 0.1) is 34.4 Å². The van der Waals surface area contributed by atoms with Crippen molar-refractivity contribution in [3.63, 3.8) is 0 Å². The van der Waals surface area contributed by atoms with Gasteiger partial charge in [0.25, 0.3) is 6.29 Å². The monoisotopic (exact) mass is 1170 g/mol. The smallest absolute Gasteiger partial charge is 0.361 e. The fourth-order valence-electron chi connectivity index (χ4n) is 10.8. The molecule has 0 heterocycles. The van der Waals surface area contributed by atoms with E-state index in [2.05, 4.69) is 50.3 Å². The molecule has 0 rings (SSSR count). The molecule has 9 nitrogen and oxygen atoms in total. The maximum absolute atomic E-state index is 12.9. The third kappa shape index (κ3) is 66.9. The summed E-state index contributed by atoms with van der Waals surface area (Å²) in [6.07, 6.45) is 80.1. The number of hydrogen-bond donors (Lipinski definition) is 1. The van der Waals surface area contributed by atoms with Crippen LogP contribution in [0.1, 0.15) is 361 Å². The Morgan fingerprint density at radius 3 is 0.988 bits per heavy atom. The predicted molar refractivity (Wildman–Crippen MR) is 355 cm³/mol. The summed E-state index contributed by atoms with van der Waals surface area (Å²) in [7, 11) is 5.98. The van der Waals surface area contributed by atoms with Crippen molar-refractivity contribution in [2.45, 2.75) is 373 Å². The van der Waals surface area contributed by atoms with Crippen LogP contribution in [0.25, 0.3) is 0 Å². The second kappa shape index (κ2) is 65.5. The number of aliphatic carboxylic acids is 1. The van der Waals surface area contributed by atoms with Crippen molar-refractivity contribution in [3.8, 4) is 0 Å². The molecule has 2 unspecified atom stereocenters. The number of carboxylic acids is 1. The summed E-state index contributed by atoms with van der Waals surface area (Å²) in [5.41, 5.74) is 0. The van der Waals surface area contributed by atoms with Gasteiger partial charge in [-0.15, -0.1) is 0 Å². The molecule has 0 radical (unpaired) electrons. The lowest BCUT2D eigenvalue weighted by Crippen LogP contribution is -2.40. The number of quaternary nitrogens is 1. The zero-order valence-corrected chi connectivity index (χ0v) is 55.9. The van der Waals surface area contributed by atoms with E-state index in [0.29, 0.717) is 23.9 Å². The normalized spacial score (nSPS) is 12.8. The first-order valence-corrected chi connectivity index (χ1v) is 36.2. The zero-order valence-electron chi connectivity index (χ0n) is 55.9. The van der Waals surface area contributed by atoms with Crippen LogP contribution in [-0.2, 0) is 33.3 Å². The first-order chi connectivity index (χ1) is 40.6. The molecular weight excluding hydrogens is 1030 g/mol. The van der Waals surface area contributed by atoms with Crippen molar-refractivity contribution in [2.75, 3.05) is 47.5 Å². The van der Waals surface area contributed by atoms with Crippen molar-refractivity contribution >= 4 is 17.9 Å². The number of carbonyl (C=O) groups excluding carboxylic acids is 2. The van der Waals surface area contributed by atoms with Crippen LogP contribution in [0.5, 0.6) is 0 Å². The number of likely N-dealkylation sites (N-methyl/N-ethyl adjacent to an activating group) is 1. The van der Waals surface area contributed by atoms with Crippen molar-refractivity contribution in [1.82, 2.24) is 0 Å². The molecule has 0 amide bonds.